The number of carboxylic acids is 1. The zero-order valence-electron chi connectivity index (χ0n) is 11.8. The SMILES string of the molecule is C=CCCCCCCCCc1nc(SCC(=O)[O-])n[nH]1. The van der Waals surface area contributed by atoms with E-state index in [1.165, 1.54) is 32.1 Å². The predicted molar refractivity (Wildman–Crippen MR) is 78.3 cm³/mol. The molecule has 0 aliphatic carbocycles. The molecule has 0 saturated carbocycles. The number of allylic oxidation sites excluding steroid dienone is 1. The van der Waals surface area contributed by atoms with Gasteiger partial charge >= 0.3 is 0 Å². The Bertz CT molecular complexity index is 407. The summed E-state index contributed by atoms with van der Waals surface area (Å²) in [6.07, 6.45) is 11.3. The predicted octanol–water partition coefficient (Wildman–Crippen LogP) is 2.11. The van der Waals surface area contributed by atoms with E-state index in [0.29, 0.717) is 5.16 Å². The maximum atomic E-state index is 10.3. The minimum Gasteiger partial charge on any atom is -0.549 e. The molecule has 5 nitrogen and oxygen atoms in total. The monoisotopic (exact) mass is 296 g/mol. The number of thioether (sulfide) groups is 1. The minimum absolute atomic E-state index is 0.109. The van der Waals surface area contributed by atoms with Crippen molar-refractivity contribution in [2.24, 2.45) is 0 Å². The van der Waals surface area contributed by atoms with Gasteiger partial charge in [-0.3, -0.25) is 5.10 Å². The lowest BCUT2D eigenvalue weighted by molar-refractivity contribution is -0.301. The van der Waals surface area contributed by atoms with Gasteiger partial charge in [-0.25, -0.2) is 4.98 Å². The average Bonchev–Trinajstić information content (AvgIpc) is 2.87. The molecule has 0 aliphatic rings. The van der Waals surface area contributed by atoms with E-state index in [9.17, 15) is 9.90 Å². The number of rotatable bonds is 12. The van der Waals surface area contributed by atoms with E-state index in [1.807, 2.05) is 6.08 Å². The van der Waals surface area contributed by atoms with Crippen molar-refractivity contribution in [3.05, 3.63) is 18.5 Å². The first-order valence-electron chi connectivity index (χ1n) is 7.07. The third kappa shape index (κ3) is 7.99. The normalized spacial score (nSPS) is 10.6. The van der Waals surface area contributed by atoms with Crippen LogP contribution in [-0.4, -0.2) is 26.9 Å². The standard InChI is InChI=1S/C14H23N3O2S/c1-2-3-4-5-6-7-8-9-10-12-15-14(17-16-12)20-11-13(18)19/h2H,1,3-11H2,(H,18,19)(H,15,16,17)/p-1. The van der Waals surface area contributed by atoms with E-state index < -0.39 is 5.97 Å². The summed E-state index contributed by atoms with van der Waals surface area (Å²) >= 11 is 1.08. The third-order valence-corrected chi connectivity index (χ3v) is 3.72. The Morgan fingerprint density at radius 2 is 1.95 bits per heavy atom. The molecule has 1 aromatic rings. The second-order valence-corrected chi connectivity index (χ2v) is 5.62. The van der Waals surface area contributed by atoms with E-state index in [0.717, 1.165) is 36.8 Å². The topological polar surface area (TPSA) is 81.7 Å². The Labute approximate surface area is 124 Å². The van der Waals surface area contributed by atoms with Gasteiger partial charge in [0.15, 0.2) is 0 Å². The number of carboxylic acid groups (broad SMARTS) is 1. The van der Waals surface area contributed by atoms with Crippen molar-refractivity contribution in [2.45, 2.75) is 56.5 Å². The maximum absolute atomic E-state index is 10.3. The van der Waals surface area contributed by atoms with Crippen molar-refractivity contribution < 1.29 is 9.90 Å². The molecule has 0 aliphatic heterocycles. The molecule has 0 radical (unpaired) electrons. The molecule has 1 heterocycles. The van der Waals surface area contributed by atoms with Crippen molar-refractivity contribution in [3.8, 4) is 0 Å². The molecular formula is C14H22N3O2S-. The highest BCUT2D eigenvalue weighted by molar-refractivity contribution is 7.99. The molecule has 0 atom stereocenters. The quantitative estimate of drug-likeness (QED) is 0.363. The van der Waals surface area contributed by atoms with Crippen LogP contribution in [0.1, 0.15) is 50.8 Å². The fraction of sp³-hybridized carbons (Fsp3) is 0.643. The van der Waals surface area contributed by atoms with Crippen LogP contribution >= 0.6 is 11.8 Å². The number of aromatic nitrogens is 3. The second-order valence-electron chi connectivity index (χ2n) is 4.67. The lowest BCUT2D eigenvalue weighted by Gasteiger charge is -1.99. The molecule has 0 bridgehead atoms. The summed E-state index contributed by atoms with van der Waals surface area (Å²) in [5.74, 6) is -0.377. The number of H-pyrrole nitrogens is 1. The van der Waals surface area contributed by atoms with Crippen LogP contribution < -0.4 is 5.11 Å². The highest BCUT2D eigenvalue weighted by Gasteiger charge is 2.03. The van der Waals surface area contributed by atoms with Gasteiger partial charge in [-0.15, -0.1) is 11.7 Å². The van der Waals surface area contributed by atoms with Gasteiger partial charge in [0.05, 0.1) is 5.97 Å². The number of nitrogens with one attached hydrogen (secondary N) is 1. The summed E-state index contributed by atoms with van der Waals surface area (Å²) in [5.41, 5.74) is 0. The highest BCUT2D eigenvalue weighted by Crippen LogP contribution is 2.13. The van der Waals surface area contributed by atoms with E-state index in [-0.39, 0.29) is 5.75 Å². The molecule has 1 rings (SSSR count). The van der Waals surface area contributed by atoms with Crippen LogP contribution in [0.5, 0.6) is 0 Å². The van der Waals surface area contributed by atoms with Crippen molar-refractivity contribution in [2.75, 3.05) is 5.75 Å². The number of aromatic amines is 1. The maximum Gasteiger partial charge on any atom is 0.208 e. The first-order chi connectivity index (χ1) is 9.72. The average molecular weight is 296 g/mol. The Kier molecular flexibility index (Phi) is 8.78. The number of carbonyl (C=O) groups is 1. The molecule has 0 unspecified atom stereocenters. The number of hydrogen-bond acceptors (Lipinski definition) is 5. The lowest BCUT2D eigenvalue weighted by Crippen LogP contribution is -2.24. The smallest absolute Gasteiger partial charge is 0.208 e. The first kappa shape index (κ1) is 16.8. The Hall–Kier alpha value is -1.30. The molecule has 1 aromatic heterocycles. The summed E-state index contributed by atoms with van der Waals surface area (Å²) < 4.78 is 0. The van der Waals surface area contributed by atoms with Gasteiger partial charge in [0.2, 0.25) is 5.16 Å². The summed E-state index contributed by atoms with van der Waals surface area (Å²) in [7, 11) is 0. The molecule has 0 aromatic carbocycles. The molecule has 20 heavy (non-hydrogen) atoms. The zero-order valence-corrected chi connectivity index (χ0v) is 12.6. The van der Waals surface area contributed by atoms with Gasteiger partial charge in [0.1, 0.15) is 5.82 Å². The Morgan fingerprint density at radius 3 is 2.65 bits per heavy atom. The second kappa shape index (κ2) is 10.5. The highest BCUT2D eigenvalue weighted by atomic mass is 32.2. The van der Waals surface area contributed by atoms with Crippen LogP contribution in [0.3, 0.4) is 0 Å². The number of unbranched alkanes of at least 4 members (excludes halogenated alkanes) is 6. The van der Waals surface area contributed by atoms with Gasteiger partial charge in [-0.2, -0.15) is 0 Å². The van der Waals surface area contributed by atoms with E-state index in [2.05, 4.69) is 21.8 Å². The summed E-state index contributed by atoms with van der Waals surface area (Å²) in [6.45, 7) is 3.71. The molecule has 1 N–H and O–H groups in total. The number of aryl methyl sites for hydroxylation is 1. The van der Waals surface area contributed by atoms with Crippen LogP contribution in [0.15, 0.2) is 17.8 Å². The summed E-state index contributed by atoms with van der Waals surface area (Å²) in [4.78, 5) is 14.5. The van der Waals surface area contributed by atoms with E-state index >= 15 is 0 Å². The van der Waals surface area contributed by atoms with Crippen molar-refractivity contribution in [3.63, 3.8) is 0 Å². The molecule has 0 amide bonds. The van der Waals surface area contributed by atoms with E-state index in [1.54, 1.807) is 0 Å². The van der Waals surface area contributed by atoms with Crippen LogP contribution in [0.2, 0.25) is 0 Å². The number of carbonyl (C=O) groups excluding carboxylic acids is 1. The summed E-state index contributed by atoms with van der Waals surface area (Å²) in [6, 6.07) is 0. The fourth-order valence-corrected chi connectivity index (χ4v) is 2.40. The zero-order chi connectivity index (χ0) is 14.6. The van der Waals surface area contributed by atoms with Gasteiger partial charge in [-0.1, -0.05) is 43.5 Å². The molecule has 0 saturated heterocycles. The van der Waals surface area contributed by atoms with Crippen molar-refractivity contribution in [1.29, 1.82) is 0 Å². The number of nitrogens with zero attached hydrogens (tertiary/aromatic N) is 2. The van der Waals surface area contributed by atoms with E-state index in [4.69, 9.17) is 0 Å². The van der Waals surface area contributed by atoms with Crippen LogP contribution in [-0.2, 0) is 11.2 Å². The van der Waals surface area contributed by atoms with Gasteiger partial charge in [0.25, 0.3) is 0 Å². The van der Waals surface area contributed by atoms with Gasteiger partial charge in [-0.05, 0) is 19.3 Å². The van der Waals surface area contributed by atoms with Crippen LogP contribution in [0, 0.1) is 0 Å². The van der Waals surface area contributed by atoms with Crippen LogP contribution in [0.25, 0.3) is 0 Å². The molecule has 6 heteroatoms. The van der Waals surface area contributed by atoms with Gasteiger partial charge < -0.3 is 9.90 Å². The molecule has 0 spiro atoms. The Morgan fingerprint density at radius 1 is 1.25 bits per heavy atom. The minimum atomic E-state index is -1.10. The largest absolute Gasteiger partial charge is 0.549 e. The van der Waals surface area contributed by atoms with Crippen molar-refractivity contribution >= 4 is 17.7 Å². The Balaban J connectivity index is 2.04. The van der Waals surface area contributed by atoms with Crippen LogP contribution in [0.4, 0.5) is 0 Å². The fourth-order valence-electron chi connectivity index (χ4n) is 1.87. The molecule has 0 fully saturated rings. The van der Waals surface area contributed by atoms with Gasteiger partial charge in [0, 0.05) is 12.2 Å². The lowest BCUT2D eigenvalue weighted by atomic mass is 10.1. The summed E-state index contributed by atoms with van der Waals surface area (Å²) in [5, 5.41) is 17.6. The third-order valence-electron chi connectivity index (χ3n) is 2.90. The number of aliphatic carboxylic acids is 1. The molecule has 112 valence electrons. The molecular weight excluding hydrogens is 274 g/mol. The first-order valence-corrected chi connectivity index (χ1v) is 8.05. The van der Waals surface area contributed by atoms with Crippen molar-refractivity contribution in [1.82, 2.24) is 15.2 Å². The number of hydrogen-bond donors (Lipinski definition) is 1.